The molecule has 1 amide bonds. The maximum Gasteiger partial charge on any atom is 0.303 e. The van der Waals surface area contributed by atoms with Crippen LogP contribution in [0.5, 0.6) is 0 Å². The van der Waals surface area contributed by atoms with Crippen molar-refractivity contribution in [2.45, 2.75) is 32.2 Å². The maximum atomic E-state index is 11.6. The average molecular weight is 264 g/mol. The van der Waals surface area contributed by atoms with Crippen LogP contribution in [0.15, 0.2) is 24.3 Å². The van der Waals surface area contributed by atoms with Crippen molar-refractivity contribution in [2.75, 3.05) is 6.54 Å². The number of carbonyl (C=O) groups is 2. The molecule has 1 atom stereocenters. The van der Waals surface area contributed by atoms with E-state index in [2.05, 4.69) is 11.4 Å². The Morgan fingerprint density at radius 2 is 2.16 bits per heavy atom. The molecule has 0 aliphatic carbocycles. The van der Waals surface area contributed by atoms with Crippen molar-refractivity contribution in [3.63, 3.8) is 0 Å². The van der Waals surface area contributed by atoms with Crippen LogP contribution in [-0.2, 0) is 16.0 Å². The van der Waals surface area contributed by atoms with Crippen LogP contribution >= 0.6 is 0 Å². The van der Waals surface area contributed by atoms with Gasteiger partial charge in [0.05, 0.1) is 6.04 Å². The molecule has 0 aromatic heterocycles. The van der Waals surface area contributed by atoms with Gasteiger partial charge in [0.1, 0.15) is 0 Å². The van der Waals surface area contributed by atoms with E-state index in [1.165, 1.54) is 5.56 Å². The van der Waals surface area contributed by atoms with Crippen LogP contribution in [0.25, 0.3) is 0 Å². The summed E-state index contributed by atoms with van der Waals surface area (Å²) in [5.41, 5.74) is 7.93. The molecule has 0 aliphatic rings. The number of aryl methyl sites for hydroxylation is 1. The molecule has 0 radical (unpaired) electrons. The Hall–Kier alpha value is -1.88. The van der Waals surface area contributed by atoms with Crippen molar-refractivity contribution in [3.05, 3.63) is 35.4 Å². The highest BCUT2D eigenvalue weighted by Gasteiger charge is 2.13. The Morgan fingerprint density at radius 1 is 1.42 bits per heavy atom. The number of benzene rings is 1. The molecule has 5 nitrogen and oxygen atoms in total. The Bertz CT molecular complexity index is 446. The molecule has 19 heavy (non-hydrogen) atoms. The molecule has 104 valence electrons. The van der Waals surface area contributed by atoms with E-state index in [4.69, 9.17) is 10.8 Å². The first-order valence-electron chi connectivity index (χ1n) is 6.29. The molecule has 0 bridgehead atoms. The van der Waals surface area contributed by atoms with Crippen LogP contribution in [0.2, 0.25) is 0 Å². The van der Waals surface area contributed by atoms with Crippen molar-refractivity contribution >= 4 is 11.9 Å². The van der Waals surface area contributed by atoms with Crippen LogP contribution < -0.4 is 11.1 Å². The van der Waals surface area contributed by atoms with Gasteiger partial charge in [-0.2, -0.15) is 0 Å². The smallest absolute Gasteiger partial charge is 0.303 e. The van der Waals surface area contributed by atoms with Gasteiger partial charge in [0.25, 0.3) is 0 Å². The summed E-state index contributed by atoms with van der Waals surface area (Å²) >= 11 is 0. The fraction of sp³-hybridized carbons (Fsp3) is 0.429. The van der Waals surface area contributed by atoms with Crippen LogP contribution in [0.3, 0.4) is 0 Å². The predicted octanol–water partition coefficient (Wildman–Crippen LogP) is 0.846. The van der Waals surface area contributed by atoms with Gasteiger partial charge in [-0.15, -0.1) is 0 Å². The maximum absolute atomic E-state index is 11.6. The molecule has 1 unspecified atom stereocenters. The van der Waals surface area contributed by atoms with E-state index >= 15 is 0 Å². The fourth-order valence-corrected chi connectivity index (χ4v) is 1.74. The van der Waals surface area contributed by atoms with Crippen molar-refractivity contribution < 1.29 is 14.7 Å². The Balaban J connectivity index is 2.28. The molecule has 1 aromatic carbocycles. The van der Waals surface area contributed by atoms with E-state index in [-0.39, 0.29) is 18.7 Å². The summed E-state index contributed by atoms with van der Waals surface area (Å²) in [6.07, 6.45) is 0.803. The fourth-order valence-electron chi connectivity index (χ4n) is 1.74. The summed E-state index contributed by atoms with van der Waals surface area (Å²) in [6, 6.07) is 7.31. The standard InChI is InChI=1S/C14H20N2O3/c1-10-3-2-4-11(9-10)7-8-16-14(19)12(15)5-6-13(17)18/h2-4,9,12H,5-8,15H2,1H3,(H,16,19)(H,17,18). The lowest BCUT2D eigenvalue weighted by atomic mass is 10.1. The molecule has 0 saturated carbocycles. The summed E-state index contributed by atoms with van der Waals surface area (Å²) < 4.78 is 0. The monoisotopic (exact) mass is 264 g/mol. The zero-order chi connectivity index (χ0) is 14.3. The van der Waals surface area contributed by atoms with Crippen LogP contribution in [-0.4, -0.2) is 29.6 Å². The van der Waals surface area contributed by atoms with Gasteiger partial charge in [0.15, 0.2) is 0 Å². The molecule has 1 aromatic rings. The molecule has 0 spiro atoms. The van der Waals surface area contributed by atoms with Gasteiger partial charge in [0, 0.05) is 13.0 Å². The van der Waals surface area contributed by atoms with Gasteiger partial charge in [-0.1, -0.05) is 29.8 Å². The lowest BCUT2D eigenvalue weighted by Gasteiger charge is -2.11. The SMILES string of the molecule is Cc1cccc(CCNC(=O)C(N)CCC(=O)O)c1. The van der Waals surface area contributed by atoms with Gasteiger partial charge in [-0.3, -0.25) is 9.59 Å². The minimum absolute atomic E-state index is 0.0908. The van der Waals surface area contributed by atoms with E-state index in [0.29, 0.717) is 6.54 Å². The van der Waals surface area contributed by atoms with Crippen LogP contribution in [0.4, 0.5) is 0 Å². The highest BCUT2D eigenvalue weighted by Crippen LogP contribution is 2.04. The number of nitrogens with two attached hydrogens (primary N) is 1. The zero-order valence-corrected chi connectivity index (χ0v) is 11.1. The van der Waals surface area contributed by atoms with Crippen molar-refractivity contribution in [1.29, 1.82) is 0 Å². The predicted molar refractivity (Wildman–Crippen MR) is 72.7 cm³/mol. The highest BCUT2D eigenvalue weighted by molar-refractivity contribution is 5.82. The Labute approximate surface area is 112 Å². The lowest BCUT2D eigenvalue weighted by molar-refractivity contribution is -0.137. The van der Waals surface area contributed by atoms with E-state index < -0.39 is 12.0 Å². The summed E-state index contributed by atoms with van der Waals surface area (Å²) in [7, 11) is 0. The normalized spacial score (nSPS) is 11.9. The average Bonchev–Trinajstić information content (AvgIpc) is 2.35. The molecule has 0 fully saturated rings. The van der Waals surface area contributed by atoms with E-state index in [1.54, 1.807) is 0 Å². The van der Waals surface area contributed by atoms with E-state index in [0.717, 1.165) is 12.0 Å². The third kappa shape index (κ3) is 6.01. The number of nitrogens with one attached hydrogen (secondary N) is 1. The van der Waals surface area contributed by atoms with Crippen LogP contribution in [0.1, 0.15) is 24.0 Å². The minimum atomic E-state index is -0.942. The number of amides is 1. The number of aliphatic carboxylic acids is 1. The van der Waals surface area contributed by atoms with Gasteiger partial charge < -0.3 is 16.2 Å². The number of carboxylic acid groups (broad SMARTS) is 1. The van der Waals surface area contributed by atoms with Gasteiger partial charge >= 0.3 is 5.97 Å². The zero-order valence-electron chi connectivity index (χ0n) is 11.1. The minimum Gasteiger partial charge on any atom is -0.481 e. The third-order valence-corrected chi connectivity index (χ3v) is 2.80. The molecule has 0 saturated heterocycles. The van der Waals surface area contributed by atoms with E-state index in [9.17, 15) is 9.59 Å². The lowest BCUT2D eigenvalue weighted by Crippen LogP contribution is -2.41. The molecule has 4 N–H and O–H groups in total. The summed E-state index contributed by atoms with van der Waals surface area (Å²) in [5.74, 6) is -1.24. The third-order valence-electron chi connectivity index (χ3n) is 2.80. The first kappa shape index (κ1) is 15.2. The highest BCUT2D eigenvalue weighted by atomic mass is 16.4. The van der Waals surface area contributed by atoms with Crippen molar-refractivity contribution in [2.24, 2.45) is 5.73 Å². The Kier molecular flexibility index (Phi) is 6.02. The number of rotatable bonds is 7. The van der Waals surface area contributed by atoms with Crippen molar-refractivity contribution in [3.8, 4) is 0 Å². The summed E-state index contributed by atoms with van der Waals surface area (Å²) in [6.45, 7) is 2.52. The second kappa shape index (κ2) is 7.53. The topological polar surface area (TPSA) is 92.4 Å². The Morgan fingerprint density at radius 3 is 2.79 bits per heavy atom. The number of carboxylic acids is 1. The largest absolute Gasteiger partial charge is 0.481 e. The summed E-state index contributed by atoms with van der Waals surface area (Å²) in [5, 5.41) is 11.2. The number of carbonyl (C=O) groups excluding carboxylic acids is 1. The second-order valence-corrected chi connectivity index (χ2v) is 4.57. The van der Waals surface area contributed by atoms with Gasteiger partial charge in [-0.05, 0) is 25.3 Å². The van der Waals surface area contributed by atoms with Crippen molar-refractivity contribution in [1.82, 2.24) is 5.32 Å². The molecule has 0 aliphatic heterocycles. The number of hydrogen-bond acceptors (Lipinski definition) is 3. The van der Waals surface area contributed by atoms with Crippen LogP contribution in [0, 0.1) is 6.92 Å². The number of hydrogen-bond donors (Lipinski definition) is 3. The molecular weight excluding hydrogens is 244 g/mol. The second-order valence-electron chi connectivity index (χ2n) is 4.57. The molecule has 0 heterocycles. The quantitative estimate of drug-likeness (QED) is 0.680. The molecule has 5 heteroatoms. The van der Waals surface area contributed by atoms with Gasteiger partial charge in [0.2, 0.25) is 5.91 Å². The first-order chi connectivity index (χ1) is 8.99. The van der Waals surface area contributed by atoms with E-state index in [1.807, 2.05) is 25.1 Å². The molecule has 1 rings (SSSR count). The molecular formula is C14H20N2O3. The van der Waals surface area contributed by atoms with Gasteiger partial charge in [-0.25, -0.2) is 0 Å². The summed E-state index contributed by atoms with van der Waals surface area (Å²) in [4.78, 5) is 22.0. The first-order valence-corrected chi connectivity index (χ1v) is 6.29.